The van der Waals surface area contributed by atoms with Crippen molar-refractivity contribution in [1.29, 1.82) is 0 Å². The van der Waals surface area contributed by atoms with Gasteiger partial charge in [-0.15, -0.1) is 0 Å². The lowest BCUT2D eigenvalue weighted by Crippen LogP contribution is -2.27. The molecule has 0 spiro atoms. The number of Topliss-reactive ketones (excluding diaryl/α,β-unsaturated/α-hetero) is 1. The van der Waals surface area contributed by atoms with Gasteiger partial charge in [-0.05, 0) is 26.1 Å². The topological polar surface area (TPSA) is 20.3 Å². The Balaban J connectivity index is 2.34. The maximum atomic E-state index is 12.5. The number of nitrogens with zero attached hydrogens (tertiary/aromatic N) is 1. The van der Waals surface area contributed by atoms with E-state index in [9.17, 15) is 4.79 Å². The summed E-state index contributed by atoms with van der Waals surface area (Å²) in [4.78, 5) is 14.5. The third kappa shape index (κ3) is 6.90. The second kappa shape index (κ2) is 10.6. The Hall–Kier alpha value is -1.15. The molecule has 1 aromatic carbocycles. The van der Waals surface area contributed by atoms with Crippen LogP contribution < -0.4 is 0 Å². The first-order valence-corrected chi connectivity index (χ1v) is 8.41. The lowest BCUT2D eigenvalue weighted by atomic mass is 9.97. The molecule has 0 aliphatic rings. The molecule has 1 atom stereocenters. The highest BCUT2D eigenvalue weighted by molar-refractivity contribution is 5.85. The molecule has 0 bridgehead atoms. The van der Waals surface area contributed by atoms with E-state index in [2.05, 4.69) is 6.92 Å². The normalized spacial score (nSPS) is 12.6. The number of ketones is 1. The Morgan fingerprint density at radius 2 is 1.52 bits per heavy atom. The number of hydrogen-bond donors (Lipinski definition) is 0. The molecule has 2 nitrogen and oxygen atoms in total. The quantitative estimate of drug-likeness (QED) is 0.534. The Bertz CT molecular complexity index is 386. The first kappa shape index (κ1) is 17.9. The molecular weight excluding hydrogens is 258 g/mol. The number of hydrogen-bond acceptors (Lipinski definition) is 2. The van der Waals surface area contributed by atoms with Crippen molar-refractivity contribution >= 4 is 5.78 Å². The van der Waals surface area contributed by atoms with Gasteiger partial charge < -0.3 is 0 Å². The predicted molar refractivity (Wildman–Crippen MR) is 90.5 cm³/mol. The lowest BCUT2D eigenvalue weighted by molar-refractivity contribution is -0.123. The zero-order valence-corrected chi connectivity index (χ0v) is 14.0. The highest BCUT2D eigenvalue weighted by atomic mass is 16.1. The standard InChI is InChI=1S/C19H31NO/c1-4-5-6-7-8-9-13-16-18(21)19(20(2)3)17-14-11-10-12-15-17/h10-12,14-15,19H,4-9,13,16H2,1-3H3. The van der Waals surface area contributed by atoms with E-state index in [1.165, 1.54) is 38.5 Å². The van der Waals surface area contributed by atoms with Crippen LogP contribution in [-0.2, 0) is 4.79 Å². The van der Waals surface area contributed by atoms with Crippen LogP contribution in [0.15, 0.2) is 30.3 Å². The molecular formula is C19H31NO. The molecule has 0 aliphatic heterocycles. The first-order valence-electron chi connectivity index (χ1n) is 8.41. The second-order valence-corrected chi connectivity index (χ2v) is 6.11. The number of likely N-dealkylation sites (N-methyl/N-ethyl adjacent to an activating group) is 1. The van der Waals surface area contributed by atoms with E-state index in [1.807, 2.05) is 49.3 Å². The van der Waals surface area contributed by atoms with Crippen molar-refractivity contribution in [2.45, 2.75) is 64.3 Å². The van der Waals surface area contributed by atoms with E-state index in [-0.39, 0.29) is 6.04 Å². The average Bonchev–Trinajstić information content (AvgIpc) is 2.47. The molecule has 0 heterocycles. The average molecular weight is 289 g/mol. The summed E-state index contributed by atoms with van der Waals surface area (Å²) < 4.78 is 0. The van der Waals surface area contributed by atoms with Crippen molar-refractivity contribution in [3.63, 3.8) is 0 Å². The van der Waals surface area contributed by atoms with Crippen LogP contribution in [0.3, 0.4) is 0 Å². The number of rotatable bonds is 11. The summed E-state index contributed by atoms with van der Waals surface area (Å²) in [6, 6.07) is 10.0. The Morgan fingerprint density at radius 3 is 2.10 bits per heavy atom. The van der Waals surface area contributed by atoms with Crippen LogP contribution in [-0.4, -0.2) is 24.8 Å². The molecule has 0 aromatic heterocycles. The predicted octanol–water partition coefficient (Wildman–Crippen LogP) is 5.00. The number of carbonyl (C=O) groups excluding carboxylic acids is 1. The van der Waals surface area contributed by atoms with E-state index in [0.717, 1.165) is 12.0 Å². The minimum atomic E-state index is -0.0914. The number of benzene rings is 1. The summed E-state index contributed by atoms with van der Waals surface area (Å²) in [6.45, 7) is 2.24. The van der Waals surface area contributed by atoms with E-state index in [0.29, 0.717) is 12.2 Å². The second-order valence-electron chi connectivity index (χ2n) is 6.11. The number of carbonyl (C=O) groups is 1. The zero-order valence-electron chi connectivity index (χ0n) is 14.0. The fourth-order valence-electron chi connectivity index (χ4n) is 2.80. The zero-order chi connectivity index (χ0) is 15.5. The Morgan fingerprint density at radius 1 is 0.952 bits per heavy atom. The van der Waals surface area contributed by atoms with Gasteiger partial charge in [-0.3, -0.25) is 9.69 Å². The molecule has 0 saturated heterocycles. The van der Waals surface area contributed by atoms with E-state index >= 15 is 0 Å². The van der Waals surface area contributed by atoms with Crippen LogP contribution in [0.25, 0.3) is 0 Å². The summed E-state index contributed by atoms with van der Waals surface area (Å²) in [5, 5.41) is 0. The van der Waals surface area contributed by atoms with Gasteiger partial charge in [0, 0.05) is 6.42 Å². The van der Waals surface area contributed by atoms with E-state index in [4.69, 9.17) is 0 Å². The van der Waals surface area contributed by atoms with E-state index < -0.39 is 0 Å². The van der Waals surface area contributed by atoms with Crippen LogP contribution in [0.4, 0.5) is 0 Å². The molecule has 1 rings (SSSR count). The van der Waals surface area contributed by atoms with Gasteiger partial charge in [-0.1, -0.05) is 75.8 Å². The van der Waals surface area contributed by atoms with Crippen LogP contribution >= 0.6 is 0 Å². The van der Waals surface area contributed by atoms with Crippen molar-refractivity contribution in [2.24, 2.45) is 0 Å². The van der Waals surface area contributed by atoms with E-state index in [1.54, 1.807) is 0 Å². The Kier molecular flexibility index (Phi) is 9.00. The molecule has 0 saturated carbocycles. The van der Waals surface area contributed by atoms with Crippen LogP contribution in [0.2, 0.25) is 0 Å². The van der Waals surface area contributed by atoms with Crippen molar-refractivity contribution in [3.05, 3.63) is 35.9 Å². The molecule has 1 aromatic rings. The summed E-state index contributed by atoms with van der Waals surface area (Å²) >= 11 is 0. The minimum Gasteiger partial charge on any atom is -0.298 e. The fraction of sp³-hybridized carbons (Fsp3) is 0.632. The lowest BCUT2D eigenvalue weighted by Gasteiger charge is -2.23. The van der Waals surface area contributed by atoms with Crippen molar-refractivity contribution in [1.82, 2.24) is 4.90 Å². The van der Waals surface area contributed by atoms with Gasteiger partial charge in [0.05, 0.1) is 6.04 Å². The highest BCUT2D eigenvalue weighted by Gasteiger charge is 2.21. The summed E-state index contributed by atoms with van der Waals surface area (Å²) in [7, 11) is 3.97. The largest absolute Gasteiger partial charge is 0.298 e. The maximum absolute atomic E-state index is 12.5. The van der Waals surface area contributed by atoms with Crippen molar-refractivity contribution < 1.29 is 4.79 Å². The van der Waals surface area contributed by atoms with Gasteiger partial charge >= 0.3 is 0 Å². The SMILES string of the molecule is CCCCCCCCCC(=O)C(c1ccccc1)N(C)C. The maximum Gasteiger partial charge on any atom is 0.154 e. The Labute approximate surface area is 130 Å². The van der Waals surface area contributed by atoms with Gasteiger partial charge in [-0.25, -0.2) is 0 Å². The van der Waals surface area contributed by atoms with Crippen molar-refractivity contribution in [2.75, 3.05) is 14.1 Å². The summed E-state index contributed by atoms with van der Waals surface area (Å²) in [5.41, 5.74) is 1.11. The third-order valence-electron chi connectivity index (χ3n) is 3.96. The monoisotopic (exact) mass is 289 g/mol. The third-order valence-corrected chi connectivity index (χ3v) is 3.96. The molecule has 0 amide bonds. The molecule has 118 valence electrons. The first-order chi connectivity index (χ1) is 10.2. The molecule has 0 radical (unpaired) electrons. The van der Waals surface area contributed by atoms with Gasteiger partial charge in [0.2, 0.25) is 0 Å². The van der Waals surface area contributed by atoms with Crippen LogP contribution in [0.1, 0.15) is 69.9 Å². The highest BCUT2D eigenvalue weighted by Crippen LogP contribution is 2.21. The van der Waals surface area contributed by atoms with Gasteiger partial charge in [-0.2, -0.15) is 0 Å². The summed E-state index contributed by atoms with van der Waals surface area (Å²) in [5.74, 6) is 0.347. The molecule has 21 heavy (non-hydrogen) atoms. The molecule has 0 fully saturated rings. The van der Waals surface area contributed by atoms with Gasteiger partial charge in [0.1, 0.15) is 0 Å². The minimum absolute atomic E-state index is 0.0914. The smallest absolute Gasteiger partial charge is 0.154 e. The molecule has 1 unspecified atom stereocenters. The van der Waals surface area contributed by atoms with Crippen LogP contribution in [0, 0.1) is 0 Å². The molecule has 0 aliphatic carbocycles. The number of unbranched alkanes of at least 4 members (excludes halogenated alkanes) is 6. The van der Waals surface area contributed by atoms with Crippen molar-refractivity contribution in [3.8, 4) is 0 Å². The van der Waals surface area contributed by atoms with Gasteiger partial charge in [0.25, 0.3) is 0 Å². The summed E-state index contributed by atoms with van der Waals surface area (Å²) in [6.07, 6.45) is 9.48. The molecule has 2 heteroatoms. The van der Waals surface area contributed by atoms with Crippen LogP contribution in [0.5, 0.6) is 0 Å². The van der Waals surface area contributed by atoms with Gasteiger partial charge in [0.15, 0.2) is 5.78 Å². The molecule has 0 N–H and O–H groups in total. The fourth-order valence-corrected chi connectivity index (χ4v) is 2.80.